The zero-order valence-corrected chi connectivity index (χ0v) is 14.4. The van der Waals surface area contributed by atoms with Crippen molar-refractivity contribution in [2.45, 2.75) is 64.1 Å². The fraction of sp³-hybridized carbons (Fsp3) is 0.700. The number of rotatable bonds is 4. The molecule has 1 saturated carbocycles. The third-order valence-corrected chi connectivity index (χ3v) is 5.82. The lowest BCUT2D eigenvalue weighted by Gasteiger charge is -2.42. The third kappa shape index (κ3) is 4.11. The van der Waals surface area contributed by atoms with Gasteiger partial charge in [-0.25, -0.2) is 0 Å². The first-order valence-electron chi connectivity index (χ1n) is 9.20. The maximum Gasteiger partial charge on any atom is 0.0233 e. The van der Waals surface area contributed by atoms with Gasteiger partial charge < -0.3 is 4.90 Å². The predicted octanol–water partition coefficient (Wildman–Crippen LogP) is 4.16. The molecule has 1 aromatic rings. The summed E-state index contributed by atoms with van der Waals surface area (Å²) in [4.78, 5) is 5.36. The first kappa shape index (κ1) is 16.0. The zero-order chi connectivity index (χ0) is 15.4. The topological polar surface area (TPSA) is 6.48 Å². The molecule has 1 saturated heterocycles. The van der Waals surface area contributed by atoms with Crippen LogP contribution in [0.1, 0.15) is 51.0 Å². The van der Waals surface area contributed by atoms with Crippen LogP contribution >= 0.6 is 0 Å². The molecule has 1 heterocycles. The minimum Gasteiger partial charge on any atom is -0.300 e. The van der Waals surface area contributed by atoms with Crippen molar-refractivity contribution in [2.75, 3.05) is 20.1 Å². The Hall–Kier alpha value is -0.860. The summed E-state index contributed by atoms with van der Waals surface area (Å²) in [6.07, 6.45) is 8.45. The van der Waals surface area contributed by atoms with Gasteiger partial charge in [-0.05, 0) is 57.3 Å². The molecule has 0 bridgehead atoms. The molecule has 0 radical (unpaired) electrons. The molecule has 1 aromatic carbocycles. The van der Waals surface area contributed by atoms with Gasteiger partial charge in [0.2, 0.25) is 0 Å². The number of piperidine rings is 1. The van der Waals surface area contributed by atoms with Crippen molar-refractivity contribution in [1.29, 1.82) is 0 Å². The van der Waals surface area contributed by atoms with Crippen LogP contribution < -0.4 is 0 Å². The number of hydrogen-bond acceptors (Lipinski definition) is 2. The van der Waals surface area contributed by atoms with Gasteiger partial charge in [0.1, 0.15) is 0 Å². The Balaban J connectivity index is 1.47. The summed E-state index contributed by atoms with van der Waals surface area (Å²) in [6, 6.07) is 12.5. The Morgan fingerprint density at radius 3 is 2.45 bits per heavy atom. The van der Waals surface area contributed by atoms with Crippen molar-refractivity contribution in [2.24, 2.45) is 5.92 Å². The lowest BCUT2D eigenvalue weighted by Crippen LogP contribution is -2.48. The molecular weight excluding hydrogens is 268 g/mol. The van der Waals surface area contributed by atoms with Crippen LogP contribution in [-0.2, 0) is 6.54 Å². The van der Waals surface area contributed by atoms with Crippen LogP contribution in [0, 0.1) is 5.92 Å². The average Bonchev–Trinajstić information content (AvgIpc) is 2.56. The first-order chi connectivity index (χ1) is 10.7. The van der Waals surface area contributed by atoms with E-state index in [1.54, 1.807) is 0 Å². The first-order valence-corrected chi connectivity index (χ1v) is 9.20. The summed E-state index contributed by atoms with van der Waals surface area (Å²) in [5.74, 6) is 0.942. The monoisotopic (exact) mass is 300 g/mol. The molecule has 0 N–H and O–H groups in total. The standard InChI is InChI=1S/C20H32N2/c1-17-7-6-10-20(15-17)22-13-11-19(12-14-22)21(2)16-18-8-4-3-5-9-18/h3-5,8-9,17,19-20H,6-7,10-16H2,1-2H3/t17-,20-/m1/s1. The van der Waals surface area contributed by atoms with E-state index in [0.29, 0.717) is 0 Å². The summed E-state index contributed by atoms with van der Waals surface area (Å²) in [5, 5.41) is 0. The zero-order valence-electron chi connectivity index (χ0n) is 14.4. The second kappa shape index (κ2) is 7.61. The number of likely N-dealkylation sites (tertiary alicyclic amines) is 1. The highest BCUT2D eigenvalue weighted by molar-refractivity contribution is 5.14. The van der Waals surface area contributed by atoms with Gasteiger partial charge in [-0.2, -0.15) is 0 Å². The van der Waals surface area contributed by atoms with Crippen LogP contribution in [0.4, 0.5) is 0 Å². The van der Waals surface area contributed by atoms with E-state index in [1.807, 2.05) is 0 Å². The Labute approximate surface area is 136 Å². The molecule has 2 aliphatic rings. The molecule has 2 heteroatoms. The third-order valence-electron chi connectivity index (χ3n) is 5.82. The fourth-order valence-corrected chi connectivity index (χ4v) is 4.43. The van der Waals surface area contributed by atoms with Crippen LogP contribution in [0.3, 0.4) is 0 Å². The van der Waals surface area contributed by atoms with E-state index >= 15 is 0 Å². The number of benzene rings is 1. The average molecular weight is 300 g/mol. The lowest BCUT2D eigenvalue weighted by molar-refractivity contribution is 0.0694. The maximum atomic E-state index is 2.79. The van der Waals surface area contributed by atoms with Gasteiger partial charge in [0, 0.05) is 18.6 Å². The van der Waals surface area contributed by atoms with Crippen LogP contribution in [0.15, 0.2) is 30.3 Å². The molecule has 3 rings (SSSR count). The molecule has 2 fully saturated rings. The van der Waals surface area contributed by atoms with E-state index in [0.717, 1.165) is 24.5 Å². The van der Waals surface area contributed by atoms with Gasteiger partial charge in [0.15, 0.2) is 0 Å². The Morgan fingerprint density at radius 2 is 1.77 bits per heavy atom. The minimum absolute atomic E-state index is 0.762. The van der Waals surface area contributed by atoms with Crippen molar-refractivity contribution in [1.82, 2.24) is 9.80 Å². The molecule has 1 aliphatic heterocycles. The summed E-state index contributed by atoms with van der Waals surface area (Å²) < 4.78 is 0. The van der Waals surface area contributed by atoms with Crippen molar-refractivity contribution in [3.63, 3.8) is 0 Å². The smallest absolute Gasteiger partial charge is 0.0233 e. The van der Waals surface area contributed by atoms with Gasteiger partial charge in [0.05, 0.1) is 0 Å². The van der Waals surface area contributed by atoms with Crippen molar-refractivity contribution >= 4 is 0 Å². The van der Waals surface area contributed by atoms with Crippen LogP contribution in [0.5, 0.6) is 0 Å². The number of hydrogen-bond donors (Lipinski definition) is 0. The predicted molar refractivity (Wildman–Crippen MR) is 93.9 cm³/mol. The highest BCUT2D eigenvalue weighted by atomic mass is 15.2. The molecule has 0 unspecified atom stereocenters. The van der Waals surface area contributed by atoms with Gasteiger partial charge in [-0.15, -0.1) is 0 Å². The fourth-order valence-electron chi connectivity index (χ4n) is 4.43. The normalized spacial score (nSPS) is 28.1. The highest BCUT2D eigenvalue weighted by Crippen LogP contribution is 2.29. The SMILES string of the molecule is C[C@@H]1CCC[C@@H](N2CCC(N(C)Cc3ccccc3)CC2)C1. The van der Waals surface area contributed by atoms with Crippen LogP contribution in [0.25, 0.3) is 0 Å². The molecule has 1 aliphatic carbocycles. The summed E-state index contributed by atoms with van der Waals surface area (Å²) in [5.41, 5.74) is 1.44. The quantitative estimate of drug-likeness (QED) is 0.824. The minimum atomic E-state index is 0.762. The van der Waals surface area contributed by atoms with Gasteiger partial charge in [-0.1, -0.05) is 50.1 Å². The Morgan fingerprint density at radius 1 is 1.05 bits per heavy atom. The molecule has 0 aromatic heterocycles. The van der Waals surface area contributed by atoms with Crippen LogP contribution in [-0.4, -0.2) is 42.0 Å². The van der Waals surface area contributed by atoms with Crippen LogP contribution in [0.2, 0.25) is 0 Å². The molecule has 22 heavy (non-hydrogen) atoms. The molecule has 2 nitrogen and oxygen atoms in total. The Bertz CT molecular complexity index is 436. The maximum absolute atomic E-state index is 2.79. The molecular formula is C20H32N2. The summed E-state index contributed by atoms with van der Waals surface area (Å²) in [7, 11) is 2.30. The lowest BCUT2D eigenvalue weighted by atomic mass is 9.85. The van der Waals surface area contributed by atoms with Gasteiger partial charge in [-0.3, -0.25) is 4.90 Å². The molecule has 2 atom stereocenters. The molecule has 0 amide bonds. The van der Waals surface area contributed by atoms with E-state index in [4.69, 9.17) is 0 Å². The Kier molecular flexibility index (Phi) is 5.54. The summed E-state index contributed by atoms with van der Waals surface area (Å²) in [6.45, 7) is 6.14. The van der Waals surface area contributed by atoms with E-state index in [2.05, 4.69) is 54.1 Å². The van der Waals surface area contributed by atoms with Gasteiger partial charge >= 0.3 is 0 Å². The summed E-state index contributed by atoms with van der Waals surface area (Å²) >= 11 is 0. The van der Waals surface area contributed by atoms with Crippen molar-refractivity contribution < 1.29 is 0 Å². The van der Waals surface area contributed by atoms with E-state index < -0.39 is 0 Å². The van der Waals surface area contributed by atoms with E-state index in [9.17, 15) is 0 Å². The number of nitrogens with zero attached hydrogens (tertiary/aromatic N) is 2. The molecule has 122 valence electrons. The second-order valence-electron chi connectivity index (χ2n) is 7.59. The van der Waals surface area contributed by atoms with Gasteiger partial charge in [0.25, 0.3) is 0 Å². The van der Waals surface area contributed by atoms with Crippen molar-refractivity contribution in [3.8, 4) is 0 Å². The van der Waals surface area contributed by atoms with E-state index in [-0.39, 0.29) is 0 Å². The van der Waals surface area contributed by atoms with E-state index in [1.165, 1.54) is 57.2 Å². The molecule has 0 spiro atoms. The highest BCUT2D eigenvalue weighted by Gasteiger charge is 2.29. The van der Waals surface area contributed by atoms with Crippen molar-refractivity contribution in [3.05, 3.63) is 35.9 Å². The largest absolute Gasteiger partial charge is 0.300 e. The second-order valence-corrected chi connectivity index (χ2v) is 7.59.